The average molecular weight is 384 g/mol. The monoisotopic (exact) mass is 383 g/mol. The molecule has 0 saturated heterocycles. The Hall–Kier alpha value is -1.82. The number of halogens is 2. The van der Waals surface area contributed by atoms with E-state index in [1.54, 1.807) is 55.5 Å². The third-order valence-corrected chi connectivity index (χ3v) is 5.07. The lowest BCUT2D eigenvalue weighted by molar-refractivity contribution is 0.104. The van der Waals surface area contributed by atoms with Crippen molar-refractivity contribution in [2.45, 2.75) is 6.92 Å². The molecule has 0 atom stereocenters. The summed E-state index contributed by atoms with van der Waals surface area (Å²) >= 11 is 11.9. The van der Waals surface area contributed by atoms with E-state index < -0.39 is 10.0 Å². The molecule has 126 valence electrons. The van der Waals surface area contributed by atoms with E-state index in [0.29, 0.717) is 26.9 Å². The summed E-state index contributed by atoms with van der Waals surface area (Å²) in [7, 11) is -3.33. The topological polar surface area (TPSA) is 63.2 Å². The van der Waals surface area contributed by atoms with Crippen LogP contribution in [0.4, 0.5) is 5.69 Å². The van der Waals surface area contributed by atoms with Crippen LogP contribution in [0.25, 0.3) is 6.08 Å². The van der Waals surface area contributed by atoms with Crippen molar-refractivity contribution in [2.24, 2.45) is 0 Å². The fourth-order valence-corrected chi connectivity index (χ4v) is 2.96. The van der Waals surface area contributed by atoms with Crippen molar-refractivity contribution in [3.8, 4) is 0 Å². The summed E-state index contributed by atoms with van der Waals surface area (Å²) in [5, 5.41) is 0.976. The molecule has 4 nitrogen and oxygen atoms in total. The number of nitrogens with one attached hydrogen (secondary N) is 1. The maximum absolute atomic E-state index is 12.2. The second-order valence-corrected chi connectivity index (χ2v) is 7.80. The lowest BCUT2D eigenvalue weighted by atomic mass is 10.1. The highest BCUT2D eigenvalue weighted by Gasteiger charge is 2.08. The number of benzene rings is 2. The molecular formula is C17H15Cl2NO3S. The van der Waals surface area contributed by atoms with Crippen LogP contribution in [0.3, 0.4) is 0 Å². The largest absolute Gasteiger partial charge is 0.289 e. The predicted octanol–water partition coefficient (Wildman–Crippen LogP) is 4.65. The number of ketones is 1. The number of anilines is 1. The van der Waals surface area contributed by atoms with Gasteiger partial charge in [-0.15, -0.1) is 0 Å². The minimum atomic E-state index is -3.33. The van der Waals surface area contributed by atoms with Gasteiger partial charge in [-0.2, -0.15) is 0 Å². The van der Waals surface area contributed by atoms with Crippen molar-refractivity contribution in [3.63, 3.8) is 0 Å². The highest BCUT2D eigenvalue weighted by Crippen LogP contribution is 2.22. The molecule has 0 amide bonds. The van der Waals surface area contributed by atoms with E-state index in [9.17, 15) is 13.2 Å². The molecule has 0 bridgehead atoms. The van der Waals surface area contributed by atoms with Crippen LogP contribution in [0, 0.1) is 0 Å². The molecule has 0 aliphatic heterocycles. The van der Waals surface area contributed by atoms with E-state index in [2.05, 4.69) is 4.72 Å². The third kappa shape index (κ3) is 5.09. The summed E-state index contributed by atoms with van der Waals surface area (Å²) in [5.41, 5.74) is 1.54. The summed E-state index contributed by atoms with van der Waals surface area (Å²) in [5.74, 6) is -0.232. The van der Waals surface area contributed by atoms with Gasteiger partial charge in [0, 0.05) is 21.3 Å². The van der Waals surface area contributed by atoms with Gasteiger partial charge in [0.1, 0.15) is 0 Å². The van der Waals surface area contributed by atoms with Crippen LogP contribution in [-0.2, 0) is 10.0 Å². The highest BCUT2D eigenvalue weighted by molar-refractivity contribution is 7.92. The van der Waals surface area contributed by atoms with Gasteiger partial charge < -0.3 is 0 Å². The number of hydrogen-bond donors (Lipinski definition) is 1. The first-order valence-electron chi connectivity index (χ1n) is 7.09. The van der Waals surface area contributed by atoms with Gasteiger partial charge in [0.25, 0.3) is 0 Å². The Morgan fingerprint density at radius 1 is 1.12 bits per heavy atom. The first-order valence-corrected chi connectivity index (χ1v) is 9.49. The van der Waals surface area contributed by atoms with Crippen LogP contribution in [0.1, 0.15) is 22.8 Å². The molecular weight excluding hydrogens is 369 g/mol. The van der Waals surface area contributed by atoms with Crippen molar-refractivity contribution in [2.75, 3.05) is 10.5 Å². The molecule has 7 heteroatoms. The van der Waals surface area contributed by atoms with Crippen molar-refractivity contribution in [3.05, 3.63) is 69.7 Å². The molecule has 0 heterocycles. The summed E-state index contributed by atoms with van der Waals surface area (Å²) < 4.78 is 25.4. The van der Waals surface area contributed by atoms with Gasteiger partial charge in [-0.05, 0) is 61.0 Å². The first-order chi connectivity index (χ1) is 11.3. The van der Waals surface area contributed by atoms with Crippen molar-refractivity contribution >= 4 is 50.8 Å². The minimum absolute atomic E-state index is 0.0156. The van der Waals surface area contributed by atoms with Crippen LogP contribution in [0.15, 0.2) is 48.5 Å². The van der Waals surface area contributed by atoms with Crippen molar-refractivity contribution < 1.29 is 13.2 Å². The van der Waals surface area contributed by atoms with E-state index in [1.165, 1.54) is 6.08 Å². The summed E-state index contributed by atoms with van der Waals surface area (Å²) in [4.78, 5) is 12.2. The molecule has 0 radical (unpaired) electrons. The lowest BCUT2D eigenvalue weighted by Gasteiger charge is -2.06. The predicted molar refractivity (Wildman–Crippen MR) is 99.4 cm³/mol. The van der Waals surface area contributed by atoms with Gasteiger partial charge >= 0.3 is 0 Å². The Balaban J connectivity index is 2.11. The van der Waals surface area contributed by atoms with Crippen LogP contribution in [0.2, 0.25) is 10.0 Å². The number of sulfonamides is 1. The van der Waals surface area contributed by atoms with Gasteiger partial charge in [-0.25, -0.2) is 8.42 Å². The molecule has 0 saturated carbocycles. The molecule has 0 aliphatic rings. The van der Waals surface area contributed by atoms with Crippen molar-refractivity contribution in [1.82, 2.24) is 0 Å². The van der Waals surface area contributed by atoms with Crippen LogP contribution < -0.4 is 4.72 Å². The second kappa shape index (κ2) is 7.83. The standard InChI is InChI=1S/C17H15Cl2NO3S/c1-2-24(22,23)20-15-8-4-13(5-9-15)17(21)10-6-12-3-7-14(18)11-16(12)19/h3-11,20H,2H2,1H3/b10-6+. The normalized spacial score (nSPS) is 11.6. The molecule has 0 aromatic heterocycles. The summed E-state index contributed by atoms with van der Waals surface area (Å²) in [6.07, 6.45) is 3.01. The zero-order valence-electron chi connectivity index (χ0n) is 12.8. The maximum atomic E-state index is 12.2. The minimum Gasteiger partial charge on any atom is -0.289 e. The Labute approximate surface area is 151 Å². The number of hydrogen-bond acceptors (Lipinski definition) is 3. The lowest BCUT2D eigenvalue weighted by Crippen LogP contribution is -2.14. The van der Waals surface area contributed by atoms with E-state index in [-0.39, 0.29) is 11.5 Å². The number of rotatable bonds is 6. The highest BCUT2D eigenvalue weighted by atomic mass is 35.5. The van der Waals surface area contributed by atoms with Gasteiger partial charge in [0.2, 0.25) is 10.0 Å². The molecule has 24 heavy (non-hydrogen) atoms. The second-order valence-electron chi connectivity index (χ2n) is 4.95. The number of allylic oxidation sites excluding steroid dienone is 1. The van der Waals surface area contributed by atoms with Gasteiger partial charge in [0.05, 0.1) is 5.75 Å². The van der Waals surface area contributed by atoms with Gasteiger partial charge in [0.15, 0.2) is 5.78 Å². The SMILES string of the molecule is CCS(=O)(=O)Nc1ccc(C(=O)/C=C/c2ccc(Cl)cc2Cl)cc1. The average Bonchev–Trinajstić information content (AvgIpc) is 2.54. The molecule has 0 fully saturated rings. The Morgan fingerprint density at radius 3 is 2.38 bits per heavy atom. The molecule has 1 N–H and O–H groups in total. The van der Waals surface area contributed by atoms with Gasteiger partial charge in [-0.1, -0.05) is 29.3 Å². The zero-order valence-corrected chi connectivity index (χ0v) is 15.1. The molecule has 0 unspecified atom stereocenters. The number of carbonyl (C=O) groups is 1. The zero-order chi connectivity index (χ0) is 17.7. The van der Waals surface area contributed by atoms with Crippen molar-refractivity contribution in [1.29, 1.82) is 0 Å². The molecule has 2 rings (SSSR count). The first kappa shape index (κ1) is 18.5. The van der Waals surface area contributed by atoms with Crippen LogP contribution >= 0.6 is 23.2 Å². The molecule has 2 aromatic rings. The quantitative estimate of drug-likeness (QED) is 0.583. The Morgan fingerprint density at radius 2 is 1.79 bits per heavy atom. The van der Waals surface area contributed by atoms with E-state index >= 15 is 0 Å². The maximum Gasteiger partial charge on any atom is 0.232 e. The smallest absolute Gasteiger partial charge is 0.232 e. The molecule has 0 spiro atoms. The van der Waals surface area contributed by atoms with E-state index in [4.69, 9.17) is 23.2 Å². The van der Waals surface area contributed by atoms with E-state index in [0.717, 1.165) is 0 Å². The summed E-state index contributed by atoms with van der Waals surface area (Å²) in [6.45, 7) is 1.55. The van der Waals surface area contributed by atoms with Crippen LogP contribution in [-0.4, -0.2) is 20.0 Å². The van der Waals surface area contributed by atoms with E-state index in [1.807, 2.05) is 0 Å². The molecule has 2 aromatic carbocycles. The third-order valence-electron chi connectivity index (χ3n) is 3.20. The molecule has 0 aliphatic carbocycles. The fraction of sp³-hybridized carbons (Fsp3) is 0.118. The summed E-state index contributed by atoms with van der Waals surface area (Å²) in [6, 6.07) is 11.2. The Bertz CT molecular complexity index is 875. The van der Waals surface area contributed by atoms with Crippen LogP contribution in [0.5, 0.6) is 0 Å². The number of carbonyl (C=O) groups excluding carboxylic acids is 1. The Kier molecular flexibility index (Phi) is 6.04. The van der Waals surface area contributed by atoms with Gasteiger partial charge in [-0.3, -0.25) is 9.52 Å². The fourth-order valence-electron chi connectivity index (χ4n) is 1.85.